The highest BCUT2D eigenvalue weighted by Crippen LogP contribution is 2.26. The molecule has 1 aliphatic heterocycles. The zero-order valence-corrected chi connectivity index (χ0v) is 25.2. The van der Waals surface area contributed by atoms with Crippen LogP contribution in [0.2, 0.25) is 0 Å². The second-order valence-corrected chi connectivity index (χ2v) is 10.8. The Labute approximate surface area is 265 Å². The number of allylic oxidation sites excluding steroid dienone is 1. The van der Waals surface area contributed by atoms with Crippen molar-refractivity contribution in [3.63, 3.8) is 0 Å². The number of carbonyl (C=O) groups is 3. The minimum Gasteiger partial charge on any atom is -0.481 e. The number of rotatable bonds is 14. The quantitative estimate of drug-likeness (QED) is 0.202. The first-order valence-electron chi connectivity index (χ1n) is 14.6. The first kappa shape index (κ1) is 35.8. The number of nitrogens with zero attached hydrogens (tertiary/aromatic N) is 2. The van der Waals surface area contributed by atoms with Crippen LogP contribution in [0.25, 0.3) is 0 Å². The number of halogens is 2. The number of carboxylic acids is 3. The molecule has 0 aliphatic carbocycles. The molecule has 0 atom stereocenters. The first-order valence-corrected chi connectivity index (χ1v) is 14.6. The molecule has 0 aromatic heterocycles. The predicted molar refractivity (Wildman–Crippen MR) is 165 cm³/mol. The fourth-order valence-electron chi connectivity index (χ4n) is 4.76. The lowest BCUT2D eigenvalue weighted by molar-refractivity contribution is -0.170. The molecule has 0 bridgehead atoms. The monoisotopic (exact) mass is 640 g/mol. The molecule has 1 heterocycles. The molecule has 1 aliphatic rings. The molecule has 0 amide bonds. The van der Waals surface area contributed by atoms with Crippen molar-refractivity contribution in [2.75, 3.05) is 39.3 Å². The van der Waals surface area contributed by atoms with Gasteiger partial charge in [0.15, 0.2) is 5.60 Å². The van der Waals surface area contributed by atoms with Gasteiger partial charge in [-0.15, -0.1) is 0 Å². The molecule has 0 radical (unpaired) electrons. The molecule has 0 saturated carbocycles. The van der Waals surface area contributed by atoms with E-state index in [1.807, 2.05) is 6.07 Å². The Morgan fingerprint density at radius 1 is 0.783 bits per heavy atom. The molecule has 12 heteroatoms. The molecule has 0 spiro atoms. The fourth-order valence-corrected chi connectivity index (χ4v) is 4.76. The highest BCUT2D eigenvalue weighted by molar-refractivity contribution is 5.88. The van der Waals surface area contributed by atoms with Crippen molar-refractivity contribution < 1.29 is 48.3 Å². The Balaban J connectivity index is 0.000000376. The number of piperazine rings is 1. The Bertz CT molecular complexity index is 1370. The molecule has 246 valence electrons. The number of hydrogen-bond donors (Lipinski definition) is 4. The van der Waals surface area contributed by atoms with E-state index in [0.717, 1.165) is 50.3 Å². The molecule has 3 aromatic carbocycles. The number of aliphatic hydroxyl groups is 1. The van der Waals surface area contributed by atoms with E-state index >= 15 is 0 Å². The zero-order valence-electron chi connectivity index (χ0n) is 25.2. The summed E-state index contributed by atoms with van der Waals surface area (Å²) >= 11 is 0. The summed E-state index contributed by atoms with van der Waals surface area (Å²) in [4.78, 5) is 35.2. The van der Waals surface area contributed by atoms with Gasteiger partial charge < -0.3 is 30.1 Å². The number of aliphatic carboxylic acids is 3. The van der Waals surface area contributed by atoms with Crippen molar-refractivity contribution in [3.8, 4) is 0 Å². The summed E-state index contributed by atoms with van der Waals surface area (Å²) in [6, 6.07) is 23.1. The number of ether oxygens (including phenoxy) is 1. The Hall–Kier alpha value is -4.65. The van der Waals surface area contributed by atoms with Gasteiger partial charge in [0.05, 0.1) is 19.4 Å². The van der Waals surface area contributed by atoms with E-state index in [-0.39, 0.29) is 17.7 Å². The average molecular weight is 641 g/mol. The third kappa shape index (κ3) is 12.0. The van der Waals surface area contributed by atoms with E-state index in [9.17, 15) is 23.2 Å². The van der Waals surface area contributed by atoms with Gasteiger partial charge in [0.2, 0.25) is 0 Å². The van der Waals surface area contributed by atoms with Crippen molar-refractivity contribution in [2.24, 2.45) is 0 Å². The Morgan fingerprint density at radius 2 is 1.28 bits per heavy atom. The lowest BCUT2D eigenvalue weighted by Crippen LogP contribution is -2.45. The van der Waals surface area contributed by atoms with Gasteiger partial charge in [-0.25, -0.2) is 13.6 Å². The summed E-state index contributed by atoms with van der Waals surface area (Å²) in [7, 11) is 0. The van der Waals surface area contributed by atoms with Gasteiger partial charge >= 0.3 is 17.9 Å². The first-order chi connectivity index (χ1) is 21.9. The maximum absolute atomic E-state index is 13.4. The topological polar surface area (TPSA) is 148 Å². The standard InChI is InChI=1S/C28H30F2N2O.C6H8O7/c29-26-12-8-24(9-13-26)28(25-10-14-27(30)15-11-25)33-22-21-32-19-17-31(18-20-32)16-4-7-23-5-2-1-3-6-23;7-3(8)1-6(13,5(11)12)2-4(9)10/h1-6,8-16,28H,7,17-22H2;13H,1-2H2,(H,7,8)(H,9,10)(H,11,12)/b16-4+;. The van der Waals surface area contributed by atoms with E-state index in [0.29, 0.717) is 6.61 Å². The molecule has 1 saturated heterocycles. The second kappa shape index (κ2) is 17.7. The summed E-state index contributed by atoms with van der Waals surface area (Å²) < 4.78 is 33.0. The van der Waals surface area contributed by atoms with Gasteiger partial charge in [-0.2, -0.15) is 0 Å². The van der Waals surface area contributed by atoms with Crippen LogP contribution in [-0.2, 0) is 25.5 Å². The van der Waals surface area contributed by atoms with Crippen molar-refractivity contribution in [1.82, 2.24) is 9.80 Å². The Morgan fingerprint density at radius 3 is 1.74 bits per heavy atom. The number of carboxylic acid groups (broad SMARTS) is 3. The van der Waals surface area contributed by atoms with Crippen molar-refractivity contribution in [2.45, 2.75) is 31.0 Å². The molecular weight excluding hydrogens is 602 g/mol. The van der Waals surface area contributed by atoms with Gasteiger partial charge in [0.25, 0.3) is 0 Å². The third-order valence-corrected chi connectivity index (χ3v) is 7.24. The summed E-state index contributed by atoms with van der Waals surface area (Å²) in [6.45, 7) is 5.31. The molecule has 0 unspecified atom stereocenters. The predicted octanol–water partition coefficient (Wildman–Crippen LogP) is 4.20. The highest BCUT2D eigenvalue weighted by atomic mass is 19.1. The maximum atomic E-state index is 13.4. The van der Waals surface area contributed by atoms with Crippen LogP contribution >= 0.6 is 0 Å². The van der Waals surface area contributed by atoms with E-state index in [2.05, 4.69) is 46.3 Å². The SMILES string of the molecule is Fc1ccc(C(OCCN2CCN(/C=C/Cc3ccccc3)CC2)c2ccc(F)cc2)cc1.O=C(O)CC(O)(CC(=O)O)C(=O)O. The summed E-state index contributed by atoms with van der Waals surface area (Å²) in [5.74, 6) is -5.59. The maximum Gasteiger partial charge on any atom is 0.336 e. The largest absolute Gasteiger partial charge is 0.481 e. The van der Waals surface area contributed by atoms with Crippen molar-refractivity contribution in [1.29, 1.82) is 0 Å². The van der Waals surface area contributed by atoms with Crippen LogP contribution in [-0.4, -0.2) is 93.1 Å². The van der Waals surface area contributed by atoms with Crippen LogP contribution in [0.3, 0.4) is 0 Å². The molecule has 1 fully saturated rings. The summed E-state index contributed by atoms with van der Waals surface area (Å²) in [5, 5.41) is 33.8. The van der Waals surface area contributed by atoms with Gasteiger partial charge in [-0.3, -0.25) is 14.5 Å². The molecule has 10 nitrogen and oxygen atoms in total. The molecule has 46 heavy (non-hydrogen) atoms. The number of hydrogen-bond acceptors (Lipinski definition) is 7. The van der Waals surface area contributed by atoms with Crippen LogP contribution < -0.4 is 0 Å². The lowest BCUT2D eigenvalue weighted by atomic mass is 9.96. The van der Waals surface area contributed by atoms with E-state index in [1.54, 1.807) is 24.3 Å². The average Bonchev–Trinajstić information content (AvgIpc) is 3.01. The second-order valence-electron chi connectivity index (χ2n) is 10.8. The van der Waals surface area contributed by atoms with E-state index in [1.165, 1.54) is 29.8 Å². The van der Waals surface area contributed by atoms with E-state index in [4.69, 9.17) is 25.2 Å². The molecule has 4 N–H and O–H groups in total. The van der Waals surface area contributed by atoms with Crippen LogP contribution in [0.15, 0.2) is 91.1 Å². The lowest BCUT2D eigenvalue weighted by Gasteiger charge is -2.34. The van der Waals surface area contributed by atoms with Gasteiger partial charge in [0, 0.05) is 32.7 Å². The van der Waals surface area contributed by atoms with E-state index < -0.39 is 36.4 Å². The van der Waals surface area contributed by atoms with Gasteiger partial charge in [0.1, 0.15) is 17.7 Å². The Kier molecular flexibility index (Phi) is 13.8. The van der Waals surface area contributed by atoms with Crippen LogP contribution in [0.1, 0.15) is 35.6 Å². The summed E-state index contributed by atoms with van der Waals surface area (Å²) in [6.07, 6.45) is 2.74. The summed E-state index contributed by atoms with van der Waals surface area (Å²) in [5.41, 5.74) is 0.298. The molecular formula is C34H38F2N2O8. The van der Waals surface area contributed by atoms with Gasteiger partial charge in [-0.1, -0.05) is 60.7 Å². The normalized spacial score (nSPS) is 13.8. The van der Waals surface area contributed by atoms with Crippen molar-refractivity contribution in [3.05, 3.63) is 119 Å². The van der Waals surface area contributed by atoms with Crippen LogP contribution in [0.4, 0.5) is 8.78 Å². The fraction of sp³-hybridized carbons (Fsp3) is 0.324. The number of benzene rings is 3. The highest BCUT2D eigenvalue weighted by Gasteiger charge is 2.40. The third-order valence-electron chi connectivity index (χ3n) is 7.24. The van der Waals surface area contributed by atoms with Crippen molar-refractivity contribution >= 4 is 17.9 Å². The minimum absolute atomic E-state index is 0.285. The smallest absolute Gasteiger partial charge is 0.336 e. The van der Waals surface area contributed by atoms with Crippen LogP contribution in [0.5, 0.6) is 0 Å². The molecule has 4 rings (SSSR count). The molecule has 3 aromatic rings. The minimum atomic E-state index is -2.74. The van der Waals surface area contributed by atoms with Crippen LogP contribution in [0, 0.1) is 11.6 Å². The van der Waals surface area contributed by atoms with Gasteiger partial charge in [-0.05, 0) is 53.6 Å². The zero-order chi connectivity index (χ0) is 33.5.